The molecular weight excluding hydrogens is 282 g/mol. The molecule has 3 rings (SSSR count). The molecule has 2 atom stereocenters. The molecule has 0 spiro atoms. The molecule has 1 aliphatic rings. The van der Waals surface area contributed by atoms with Crippen molar-refractivity contribution in [2.24, 2.45) is 5.92 Å². The van der Waals surface area contributed by atoms with Crippen LogP contribution in [0.5, 0.6) is 0 Å². The van der Waals surface area contributed by atoms with Gasteiger partial charge in [0.15, 0.2) is 5.65 Å². The number of rotatable bonds is 2. The molecule has 0 radical (unpaired) electrons. The van der Waals surface area contributed by atoms with Crippen LogP contribution in [0.15, 0.2) is 18.5 Å². The maximum Gasteiger partial charge on any atom is 0.412 e. The van der Waals surface area contributed by atoms with Crippen molar-refractivity contribution in [1.29, 1.82) is 5.26 Å². The Kier molecular flexibility index (Phi) is 3.24. The average Bonchev–Trinajstić information content (AvgIpc) is 3.12. The maximum absolute atomic E-state index is 11.9. The SMILES string of the molecule is CC(C)(C)OC(=O)Nc1cnn2ccc(C3CC3C#N)nc12. The second kappa shape index (κ2) is 4.98. The predicted molar refractivity (Wildman–Crippen MR) is 79.3 cm³/mol. The summed E-state index contributed by atoms with van der Waals surface area (Å²) in [4.78, 5) is 16.4. The molecule has 7 heteroatoms. The van der Waals surface area contributed by atoms with Gasteiger partial charge in [-0.05, 0) is 33.3 Å². The van der Waals surface area contributed by atoms with Crippen LogP contribution in [0.3, 0.4) is 0 Å². The predicted octanol–water partition coefficient (Wildman–Crippen LogP) is 2.70. The summed E-state index contributed by atoms with van der Waals surface area (Å²) in [6, 6.07) is 4.11. The van der Waals surface area contributed by atoms with Gasteiger partial charge in [-0.3, -0.25) is 5.32 Å². The normalized spacial score (nSPS) is 20.5. The number of nitriles is 1. The number of nitrogens with zero attached hydrogens (tertiary/aromatic N) is 4. The van der Waals surface area contributed by atoms with Crippen LogP contribution in [-0.4, -0.2) is 26.3 Å². The van der Waals surface area contributed by atoms with Crippen molar-refractivity contribution in [3.8, 4) is 6.07 Å². The average molecular weight is 299 g/mol. The van der Waals surface area contributed by atoms with Gasteiger partial charge in [0.25, 0.3) is 0 Å². The van der Waals surface area contributed by atoms with E-state index in [0.29, 0.717) is 11.3 Å². The molecule has 1 fully saturated rings. The van der Waals surface area contributed by atoms with Gasteiger partial charge in [0.1, 0.15) is 11.3 Å². The molecule has 0 aromatic carbocycles. The number of hydrogen-bond acceptors (Lipinski definition) is 5. The van der Waals surface area contributed by atoms with Crippen LogP contribution < -0.4 is 5.32 Å². The smallest absolute Gasteiger partial charge is 0.412 e. The maximum atomic E-state index is 11.9. The minimum atomic E-state index is -0.570. The topological polar surface area (TPSA) is 92.3 Å². The van der Waals surface area contributed by atoms with Gasteiger partial charge in [-0.15, -0.1) is 0 Å². The van der Waals surface area contributed by atoms with Gasteiger partial charge in [-0.1, -0.05) is 0 Å². The number of ether oxygens (including phenoxy) is 1. The van der Waals surface area contributed by atoms with Gasteiger partial charge >= 0.3 is 6.09 Å². The Morgan fingerprint density at radius 2 is 2.32 bits per heavy atom. The number of nitrogens with one attached hydrogen (secondary N) is 1. The molecule has 1 saturated carbocycles. The minimum absolute atomic E-state index is 0.0418. The lowest BCUT2D eigenvalue weighted by molar-refractivity contribution is 0.0636. The van der Waals surface area contributed by atoms with Crippen LogP contribution in [0, 0.1) is 17.2 Å². The fraction of sp³-hybridized carbons (Fsp3) is 0.467. The lowest BCUT2D eigenvalue weighted by Crippen LogP contribution is -2.27. The van der Waals surface area contributed by atoms with Gasteiger partial charge in [-0.25, -0.2) is 14.3 Å². The first kappa shape index (κ1) is 14.3. The van der Waals surface area contributed by atoms with Crippen LogP contribution in [0.4, 0.5) is 10.5 Å². The van der Waals surface area contributed by atoms with Crippen LogP contribution >= 0.6 is 0 Å². The number of carbonyl (C=O) groups excluding carboxylic acids is 1. The van der Waals surface area contributed by atoms with Crippen molar-refractivity contribution >= 4 is 17.4 Å². The van der Waals surface area contributed by atoms with Crippen LogP contribution in [-0.2, 0) is 4.74 Å². The Morgan fingerprint density at radius 1 is 1.55 bits per heavy atom. The fourth-order valence-corrected chi connectivity index (χ4v) is 2.26. The van der Waals surface area contributed by atoms with Crippen LogP contribution in [0.2, 0.25) is 0 Å². The molecule has 2 aromatic rings. The van der Waals surface area contributed by atoms with E-state index in [-0.39, 0.29) is 11.8 Å². The van der Waals surface area contributed by atoms with E-state index in [4.69, 9.17) is 10.00 Å². The molecule has 1 aliphatic carbocycles. The molecule has 0 aliphatic heterocycles. The van der Waals surface area contributed by atoms with Gasteiger partial charge in [-0.2, -0.15) is 10.4 Å². The minimum Gasteiger partial charge on any atom is -0.444 e. The van der Waals surface area contributed by atoms with Gasteiger partial charge < -0.3 is 4.74 Å². The zero-order valence-corrected chi connectivity index (χ0v) is 12.7. The Labute approximate surface area is 127 Å². The Hall–Kier alpha value is -2.62. The largest absolute Gasteiger partial charge is 0.444 e. The third-order valence-corrected chi connectivity index (χ3v) is 3.36. The summed E-state index contributed by atoms with van der Waals surface area (Å²) in [5.74, 6) is 0.222. The summed E-state index contributed by atoms with van der Waals surface area (Å²) < 4.78 is 6.81. The summed E-state index contributed by atoms with van der Waals surface area (Å²) in [5.41, 5.74) is 1.32. The zero-order valence-electron chi connectivity index (χ0n) is 12.7. The van der Waals surface area contributed by atoms with E-state index < -0.39 is 11.7 Å². The molecule has 114 valence electrons. The summed E-state index contributed by atoms with van der Waals surface area (Å²) in [5, 5.41) is 15.7. The van der Waals surface area contributed by atoms with E-state index in [1.807, 2.05) is 6.07 Å². The van der Waals surface area contributed by atoms with Crippen molar-refractivity contribution in [1.82, 2.24) is 14.6 Å². The standard InChI is InChI=1S/C15H17N5O2/c1-15(2,3)22-14(21)19-12-8-17-20-5-4-11(18-13(12)20)10-6-9(10)7-16/h4-5,8-10H,6H2,1-3H3,(H,19,21). The lowest BCUT2D eigenvalue weighted by Gasteiger charge is -2.19. The second-order valence-corrected chi connectivity index (χ2v) is 6.38. The zero-order chi connectivity index (χ0) is 15.9. The van der Waals surface area contributed by atoms with E-state index in [1.165, 1.54) is 6.20 Å². The molecule has 0 bridgehead atoms. The lowest BCUT2D eigenvalue weighted by atomic mass is 10.2. The summed E-state index contributed by atoms with van der Waals surface area (Å²) in [6.07, 6.45) is 3.61. The van der Waals surface area contributed by atoms with Crippen molar-refractivity contribution in [2.45, 2.75) is 38.7 Å². The van der Waals surface area contributed by atoms with E-state index in [2.05, 4.69) is 21.5 Å². The summed E-state index contributed by atoms with van der Waals surface area (Å²) in [7, 11) is 0. The van der Waals surface area contributed by atoms with E-state index in [1.54, 1.807) is 31.5 Å². The molecular formula is C15H17N5O2. The first-order valence-corrected chi connectivity index (χ1v) is 7.11. The summed E-state index contributed by atoms with van der Waals surface area (Å²) in [6.45, 7) is 5.40. The monoisotopic (exact) mass is 299 g/mol. The fourth-order valence-electron chi connectivity index (χ4n) is 2.26. The highest BCUT2D eigenvalue weighted by molar-refractivity contribution is 5.89. The Balaban J connectivity index is 1.83. The van der Waals surface area contributed by atoms with E-state index in [9.17, 15) is 4.79 Å². The first-order valence-electron chi connectivity index (χ1n) is 7.11. The van der Waals surface area contributed by atoms with Crippen molar-refractivity contribution < 1.29 is 9.53 Å². The van der Waals surface area contributed by atoms with Gasteiger partial charge in [0.2, 0.25) is 0 Å². The van der Waals surface area contributed by atoms with Crippen molar-refractivity contribution in [3.63, 3.8) is 0 Å². The molecule has 2 heterocycles. The molecule has 1 N–H and O–H groups in total. The highest BCUT2D eigenvalue weighted by atomic mass is 16.6. The highest BCUT2D eigenvalue weighted by Gasteiger charge is 2.39. The molecule has 2 aromatic heterocycles. The molecule has 0 saturated heterocycles. The number of carbonyl (C=O) groups is 1. The van der Waals surface area contributed by atoms with E-state index >= 15 is 0 Å². The molecule has 7 nitrogen and oxygen atoms in total. The number of fused-ring (bicyclic) bond motifs is 1. The second-order valence-electron chi connectivity index (χ2n) is 6.38. The quantitative estimate of drug-likeness (QED) is 0.920. The first-order chi connectivity index (χ1) is 10.4. The van der Waals surface area contributed by atoms with Crippen molar-refractivity contribution in [3.05, 3.63) is 24.2 Å². The molecule has 2 unspecified atom stereocenters. The molecule has 1 amide bonds. The van der Waals surface area contributed by atoms with Crippen LogP contribution in [0.25, 0.3) is 5.65 Å². The Bertz CT molecular complexity index is 768. The number of hydrogen-bond donors (Lipinski definition) is 1. The van der Waals surface area contributed by atoms with Crippen molar-refractivity contribution in [2.75, 3.05) is 5.32 Å². The van der Waals surface area contributed by atoms with Gasteiger partial charge in [0.05, 0.1) is 18.2 Å². The number of anilines is 1. The number of aromatic nitrogens is 3. The summed E-state index contributed by atoms with van der Waals surface area (Å²) >= 11 is 0. The Morgan fingerprint density at radius 3 is 2.95 bits per heavy atom. The third kappa shape index (κ3) is 2.86. The molecule has 22 heavy (non-hydrogen) atoms. The van der Waals surface area contributed by atoms with Crippen LogP contribution in [0.1, 0.15) is 38.8 Å². The highest BCUT2D eigenvalue weighted by Crippen LogP contribution is 2.46. The van der Waals surface area contributed by atoms with Gasteiger partial charge in [0, 0.05) is 17.8 Å². The number of amides is 1. The van der Waals surface area contributed by atoms with E-state index in [0.717, 1.165) is 12.1 Å². The third-order valence-electron chi connectivity index (χ3n) is 3.36.